The van der Waals surface area contributed by atoms with E-state index in [1.54, 1.807) is 11.8 Å². The van der Waals surface area contributed by atoms with Crippen LogP contribution >= 0.6 is 0 Å². The molecule has 0 radical (unpaired) electrons. The molecule has 28 heavy (non-hydrogen) atoms. The Kier molecular flexibility index (Phi) is 6.69. The van der Waals surface area contributed by atoms with Gasteiger partial charge in [0, 0.05) is 50.9 Å². The van der Waals surface area contributed by atoms with Crippen molar-refractivity contribution in [1.82, 2.24) is 4.90 Å². The molecule has 0 atom stereocenters. The van der Waals surface area contributed by atoms with Gasteiger partial charge in [-0.05, 0) is 49.6 Å². The van der Waals surface area contributed by atoms with Gasteiger partial charge in [0.05, 0.1) is 0 Å². The van der Waals surface area contributed by atoms with Gasteiger partial charge in [-0.2, -0.15) is 0 Å². The molecule has 5 heteroatoms. The van der Waals surface area contributed by atoms with E-state index in [0.29, 0.717) is 13.1 Å². The molecule has 1 heterocycles. The van der Waals surface area contributed by atoms with Gasteiger partial charge in [0.25, 0.3) is 0 Å². The fourth-order valence-corrected chi connectivity index (χ4v) is 3.45. The summed E-state index contributed by atoms with van der Waals surface area (Å²) in [5.74, 6) is -0.104. The lowest BCUT2D eigenvalue weighted by molar-refractivity contribution is -0.129. The number of benzene rings is 2. The number of nitrogens with zero attached hydrogens (tertiary/aromatic N) is 2. The van der Waals surface area contributed by atoms with Crippen LogP contribution in [0.5, 0.6) is 0 Å². The molecule has 148 valence electrons. The Balaban J connectivity index is 1.50. The lowest BCUT2D eigenvalue weighted by Gasteiger charge is -2.21. The summed E-state index contributed by atoms with van der Waals surface area (Å²) in [5.41, 5.74) is 4.25. The Labute approximate surface area is 167 Å². The number of carbonyl (C=O) groups is 2. The zero-order valence-electron chi connectivity index (χ0n) is 16.8. The first-order valence-corrected chi connectivity index (χ1v) is 9.97. The lowest BCUT2D eigenvalue weighted by Crippen LogP contribution is -2.31. The lowest BCUT2D eigenvalue weighted by atomic mass is 10.1. The van der Waals surface area contributed by atoms with Gasteiger partial charge in [-0.3, -0.25) is 9.59 Å². The first-order valence-electron chi connectivity index (χ1n) is 9.97. The number of amides is 2. The maximum absolute atomic E-state index is 12.3. The molecule has 2 amide bonds. The molecule has 2 aromatic rings. The third kappa shape index (κ3) is 5.59. The second-order valence-electron chi connectivity index (χ2n) is 7.47. The molecule has 0 bridgehead atoms. The van der Waals surface area contributed by atoms with E-state index in [1.807, 2.05) is 43.3 Å². The minimum Gasteiger partial charge on any atom is -0.372 e. The van der Waals surface area contributed by atoms with Crippen molar-refractivity contribution >= 4 is 23.2 Å². The highest BCUT2D eigenvalue weighted by Gasteiger charge is 2.14. The molecule has 2 aromatic carbocycles. The Hall–Kier alpha value is -2.82. The van der Waals surface area contributed by atoms with E-state index >= 15 is 0 Å². The number of rotatable bonds is 7. The molecule has 1 aliphatic rings. The molecule has 0 saturated carbocycles. The van der Waals surface area contributed by atoms with Crippen molar-refractivity contribution in [3.05, 3.63) is 59.7 Å². The van der Waals surface area contributed by atoms with Gasteiger partial charge in [-0.15, -0.1) is 0 Å². The summed E-state index contributed by atoms with van der Waals surface area (Å²) >= 11 is 0. The Morgan fingerprint density at radius 1 is 1.00 bits per heavy atom. The molecule has 1 aliphatic heterocycles. The van der Waals surface area contributed by atoms with Crippen LogP contribution in [0, 0.1) is 6.92 Å². The van der Waals surface area contributed by atoms with Crippen LogP contribution in [0.25, 0.3) is 0 Å². The largest absolute Gasteiger partial charge is 0.372 e. The van der Waals surface area contributed by atoms with E-state index in [4.69, 9.17) is 0 Å². The van der Waals surface area contributed by atoms with Gasteiger partial charge < -0.3 is 15.1 Å². The molecule has 1 fully saturated rings. The molecule has 3 rings (SSSR count). The normalized spacial score (nSPS) is 13.4. The van der Waals surface area contributed by atoms with Crippen LogP contribution in [0.2, 0.25) is 0 Å². The van der Waals surface area contributed by atoms with E-state index in [-0.39, 0.29) is 18.2 Å². The average molecular weight is 380 g/mol. The topological polar surface area (TPSA) is 52.7 Å². The van der Waals surface area contributed by atoms with Gasteiger partial charge >= 0.3 is 0 Å². The maximum atomic E-state index is 12.3. The minimum atomic E-state index is -0.0796. The van der Waals surface area contributed by atoms with Crippen LogP contribution in [0.1, 0.15) is 37.3 Å². The van der Waals surface area contributed by atoms with Gasteiger partial charge in [0.1, 0.15) is 0 Å². The quantitative estimate of drug-likeness (QED) is 0.792. The van der Waals surface area contributed by atoms with Gasteiger partial charge in [0.15, 0.2) is 0 Å². The predicted octanol–water partition coefficient (Wildman–Crippen LogP) is 3.97. The highest BCUT2D eigenvalue weighted by Crippen LogP contribution is 2.22. The van der Waals surface area contributed by atoms with Crippen molar-refractivity contribution < 1.29 is 9.59 Å². The Morgan fingerprint density at radius 2 is 1.64 bits per heavy atom. The van der Waals surface area contributed by atoms with Crippen LogP contribution in [0.4, 0.5) is 11.4 Å². The van der Waals surface area contributed by atoms with Crippen molar-refractivity contribution in [1.29, 1.82) is 0 Å². The third-order valence-electron chi connectivity index (χ3n) is 5.17. The summed E-state index contributed by atoms with van der Waals surface area (Å²) in [6, 6.07) is 16.1. The molecule has 0 spiro atoms. The summed E-state index contributed by atoms with van der Waals surface area (Å²) in [4.78, 5) is 28.3. The zero-order valence-corrected chi connectivity index (χ0v) is 16.8. The van der Waals surface area contributed by atoms with E-state index in [9.17, 15) is 9.59 Å². The van der Waals surface area contributed by atoms with Crippen LogP contribution < -0.4 is 10.2 Å². The van der Waals surface area contributed by atoms with Crippen LogP contribution in [0.15, 0.2) is 48.5 Å². The fraction of sp³-hybridized carbons (Fsp3) is 0.391. The molecule has 0 aliphatic carbocycles. The average Bonchev–Trinajstić information content (AvgIpc) is 3.22. The summed E-state index contributed by atoms with van der Waals surface area (Å²) in [5, 5.41) is 2.93. The predicted molar refractivity (Wildman–Crippen MR) is 113 cm³/mol. The monoisotopic (exact) mass is 379 g/mol. The summed E-state index contributed by atoms with van der Waals surface area (Å²) in [6.45, 7) is 6.72. The first-order chi connectivity index (χ1) is 13.5. The van der Waals surface area contributed by atoms with E-state index < -0.39 is 0 Å². The number of hydrogen-bond donors (Lipinski definition) is 1. The van der Waals surface area contributed by atoms with Crippen molar-refractivity contribution in [2.24, 2.45) is 0 Å². The van der Waals surface area contributed by atoms with Gasteiger partial charge in [-0.25, -0.2) is 0 Å². The van der Waals surface area contributed by atoms with E-state index in [2.05, 4.69) is 22.3 Å². The third-order valence-corrected chi connectivity index (χ3v) is 5.17. The number of aryl methyl sites for hydroxylation is 1. The molecule has 0 unspecified atom stereocenters. The van der Waals surface area contributed by atoms with Gasteiger partial charge in [-0.1, -0.05) is 29.8 Å². The van der Waals surface area contributed by atoms with Gasteiger partial charge in [0.2, 0.25) is 11.8 Å². The van der Waals surface area contributed by atoms with E-state index in [0.717, 1.165) is 24.3 Å². The Morgan fingerprint density at radius 3 is 2.25 bits per heavy atom. The second-order valence-corrected chi connectivity index (χ2v) is 7.47. The molecule has 1 N–H and O–H groups in total. The van der Waals surface area contributed by atoms with Crippen LogP contribution in [0.3, 0.4) is 0 Å². The van der Waals surface area contributed by atoms with Crippen molar-refractivity contribution in [2.45, 2.75) is 39.7 Å². The SMILES string of the molecule is CC(=O)N(CCC(=O)Nc1ccc(N2CCCC2)cc1)Cc1ccc(C)cc1. The highest BCUT2D eigenvalue weighted by molar-refractivity contribution is 5.91. The molecule has 0 aromatic heterocycles. The molecule has 5 nitrogen and oxygen atoms in total. The zero-order chi connectivity index (χ0) is 19.9. The Bertz CT molecular complexity index is 794. The fourth-order valence-electron chi connectivity index (χ4n) is 3.45. The van der Waals surface area contributed by atoms with Crippen molar-refractivity contribution in [2.75, 3.05) is 29.9 Å². The van der Waals surface area contributed by atoms with Crippen molar-refractivity contribution in [3.8, 4) is 0 Å². The number of anilines is 2. The molecular weight excluding hydrogens is 350 g/mol. The highest BCUT2D eigenvalue weighted by atomic mass is 16.2. The summed E-state index contributed by atoms with van der Waals surface area (Å²) in [6.07, 6.45) is 2.76. The summed E-state index contributed by atoms with van der Waals surface area (Å²) in [7, 11) is 0. The van der Waals surface area contributed by atoms with Crippen LogP contribution in [-0.2, 0) is 16.1 Å². The molecular formula is C23H29N3O2. The minimum absolute atomic E-state index is 0.0247. The number of carbonyl (C=O) groups excluding carboxylic acids is 2. The number of nitrogens with one attached hydrogen (secondary N) is 1. The summed E-state index contributed by atoms with van der Waals surface area (Å²) < 4.78 is 0. The number of hydrogen-bond acceptors (Lipinski definition) is 3. The van der Waals surface area contributed by atoms with Crippen LogP contribution in [-0.4, -0.2) is 36.3 Å². The first kappa shape index (κ1) is 19.9. The standard InChI is InChI=1S/C23H29N3O2/c1-18-5-7-20(8-6-18)17-26(19(2)27)16-13-23(28)24-21-9-11-22(12-10-21)25-14-3-4-15-25/h5-12H,3-4,13-17H2,1-2H3,(H,24,28). The smallest absolute Gasteiger partial charge is 0.226 e. The van der Waals surface area contributed by atoms with Crippen molar-refractivity contribution in [3.63, 3.8) is 0 Å². The van der Waals surface area contributed by atoms with E-state index in [1.165, 1.54) is 24.1 Å². The maximum Gasteiger partial charge on any atom is 0.226 e. The second kappa shape index (κ2) is 9.40. The molecule has 1 saturated heterocycles.